The van der Waals surface area contributed by atoms with Crippen molar-refractivity contribution in [1.82, 2.24) is 4.98 Å². The molecule has 20 heavy (non-hydrogen) atoms. The zero-order valence-corrected chi connectivity index (χ0v) is 10.2. The van der Waals surface area contributed by atoms with Crippen LogP contribution in [0.5, 0.6) is 11.5 Å². The van der Waals surface area contributed by atoms with Crippen molar-refractivity contribution in [3.05, 3.63) is 48.2 Å². The molecule has 0 saturated carbocycles. The number of halogens is 3. The Bertz CT molecular complexity index is 571. The number of nitrogens with two attached hydrogens (primary N) is 1. The molecule has 2 N–H and O–H groups in total. The summed E-state index contributed by atoms with van der Waals surface area (Å²) in [7, 11) is 0. The number of hydrogen-bond acceptors (Lipinski definition) is 4. The van der Waals surface area contributed by atoms with Crippen LogP contribution >= 0.6 is 0 Å². The van der Waals surface area contributed by atoms with E-state index in [4.69, 9.17) is 10.5 Å². The first-order valence-corrected chi connectivity index (χ1v) is 5.62. The number of rotatable bonds is 4. The minimum Gasteiger partial charge on any atom is -0.489 e. The molecule has 1 heterocycles. The quantitative estimate of drug-likeness (QED) is 0.937. The van der Waals surface area contributed by atoms with Crippen molar-refractivity contribution < 1.29 is 22.6 Å². The third-order valence-electron chi connectivity index (χ3n) is 2.38. The van der Waals surface area contributed by atoms with E-state index in [1.807, 2.05) is 0 Å². The van der Waals surface area contributed by atoms with Gasteiger partial charge in [0.15, 0.2) is 0 Å². The molecule has 0 unspecified atom stereocenters. The molecular weight excluding hydrogens is 273 g/mol. The highest BCUT2D eigenvalue weighted by Crippen LogP contribution is 2.25. The maximum Gasteiger partial charge on any atom is 0.573 e. The van der Waals surface area contributed by atoms with Gasteiger partial charge in [0, 0.05) is 11.8 Å². The standard InChI is InChI=1S/C13H11F3N2O2/c14-13(15,16)20-11-5-3-10(4-6-11)19-8-9-2-1-7-18-12(9)17/h1-7H,8H2,(H2,17,18). The Morgan fingerprint density at radius 1 is 1.05 bits per heavy atom. The normalized spacial score (nSPS) is 11.2. The number of aromatic nitrogens is 1. The van der Waals surface area contributed by atoms with E-state index in [0.717, 1.165) is 0 Å². The van der Waals surface area contributed by atoms with Crippen molar-refractivity contribution in [2.45, 2.75) is 13.0 Å². The van der Waals surface area contributed by atoms with Crippen molar-refractivity contribution in [3.8, 4) is 11.5 Å². The molecule has 0 fully saturated rings. The molecule has 0 saturated heterocycles. The van der Waals surface area contributed by atoms with Gasteiger partial charge < -0.3 is 15.2 Å². The zero-order valence-electron chi connectivity index (χ0n) is 10.2. The van der Waals surface area contributed by atoms with Gasteiger partial charge in [0.1, 0.15) is 23.9 Å². The molecule has 4 nitrogen and oxygen atoms in total. The molecule has 0 spiro atoms. The number of nitrogen functional groups attached to an aromatic ring is 1. The van der Waals surface area contributed by atoms with E-state index in [9.17, 15) is 13.2 Å². The predicted molar refractivity (Wildman–Crippen MR) is 66.1 cm³/mol. The largest absolute Gasteiger partial charge is 0.573 e. The fourth-order valence-corrected chi connectivity index (χ4v) is 1.47. The van der Waals surface area contributed by atoms with Crippen LogP contribution in [0.3, 0.4) is 0 Å². The monoisotopic (exact) mass is 284 g/mol. The van der Waals surface area contributed by atoms with Crippen LogP contribution in [0.15, 0.2) is 42.6 Å². The predicted octanol–water partition coefficient (Wildman–Crippen LogP) is 3.14. The smallest absolute Gasteiger partial charge is 0.489 e. The van der Waals surface area contributed by atoms with Crippen LogP contribution in [0.25, 0.3) is 0 Å². The Morgan fingerprint density at radius 2 is 1.70 bits per heavy atom. The van der Waals surface area contributed by atoms with Crippen LogP contribution < -0.4 is 15.2 Å². The lowest BCUT2D eigenvalue weighted by Gasteiger charge is -2.10. The van der Waals surface area contributed by atoms with Crippen LogP contribution in [0.2, 0.25) is 0 Å². The average molecular weight is 284 g/mol. The number of benzene rings is 1. The summed E-state index contributed by atoms with van der Waals surface area (Å²) in [4.78, 5) is 3.90. The molecule has 0 aliphatic heterocycles. The zero-order chi connectivity index (χ0) is 14.6. The third kappa shape index (κ3) is 4.04. The Labute approximate surface area is 113 Å². The van der Waals surface area contributed by atoms with Gasteiger partial charge in [-0.25, -0.2) is 4.98 Å². The molecule has 0 aliphatic carbocycles. The fourth-order valence-electron chi connectivity index (χ4n) is 1.47. The van der Waals surface area contributed by atoms with E-state index in [0.29, 0.717) is 17.1 Å². The van der Waals surface area contributed by atoms with Gasteiger partial charge in [-0.05, 0) is 30.3 Å². The lowest BCUT2D eigenvalue weighted by Crippen LogP contribution is -2.16. The minimum absolute atomic E-state index is 0.180. The van der Waals surface area contributed by atoms with Crippen molar-refractivity contribution in [2.24, 2.45) is 0 Å². The number of ether oxygens (including phenoxy) is 2. The molecule has 2 aromatic rings. The number of anilines is 1. The van der Waals surface area contributed by atoms with Gasteiger partial charge in [0.25, 0.3) is 0 Å². The lowest BCUT2D eigenvalue weighted by molar-refractivity contribution is -0.274. The van der Waals surface area contributed by atoms with Gasteiger partial charge >= 0.3 is 6.36 Å². The summed E-state index contributed by atoms with van der Waals surface area (Å²) in [6.07, 6.45) is -3.14. The maximum absolute atomic E-state index is 12.0. The molecule has 1 aromatic heterocycles. The summed E-state index contributed by atoms with van der Waals surface area (Å²) in [6.45, 7) is 0.180. The number of hydrogen-bond donors (Lipinski definition) is 1. The van der Waals surface area contributed by atoms with E-state index < -0.39 is 6.36 Å². The van der Waals surface area contributed by atoms with Crippen molar-refractivity contribution >= 4 is 5.82 Å². The van der Waals surface area contributed by atoms with E-state index in [1.165, 1.54) is 24.3 Å². The Kier molecular flexibility index (Phi) is 3.97. The van der Waals surface area contributed by atoms with Crippen molar-refractivity contribution in [2.75, 3.05) is 5.73 Å². The van der Waals surface area contributed by atoms with Crippen LogP contribution in [0, 0.1) is 0 Å². The van der Waals surface area contributed by atoms with Gasteiger partial charge in [-0.3, -0.25) is 0 Å². The summed E-state index contributed by atoms with van der Waals surface area (Å²) in [5.74, 6) is 0.457. The Morgan fingerprint density at radius 3 is 2.30 bits per heavy atom. The molecule has 1 aromatic carbocycles. The van der Waals surface area contributed by atoms with Crippen molar-refractivity contribution in [3.63, 3.8) is 0 Å². The van der Waals surface area contributed by atoms with Crippen molar-refractivity contribution in [1.29, 1.82) is 0 Å². The van der Waals surface area contributed by atoms with Crippen LogP contribution in [0.4, 0.5) is 19.0 Å². The lowest BCUT2D eigenvalue weighted by atomic mass is 10.2. The number of pyridine rings is 1. The average Bonchev–Trinajstić information content (AvgIpc) is 2.38. The SMILES string of the molecule is Nc1ncccc1COc1ccc(OC(F)(F)F)cc1. The second-order valence-electron chi connectivity index (χ2n) is 3.86. The summed E-state index contributed by atoms with van der Waals surface area (Å²) < 4.78 is 45.1. The molecule has 0 bridgehead atoms. The number of nitrogens with zero attached hydrogens (tertiary/aromatic N) is 1. The first-order valence-electron chi connectivity index (χ1n) is 5.62. The minimum atomic E-state index is -4.70. The Hall–Kier alpha value is -2.44. The van der Waals surface area contributed by atoms with E-state index in [2.05, 4.69) is 9.72 Å². The van der Waals surface area contributed by atoms with Gasteiger partial charge in [-0.2, -0.15) is 0 Å². The summed E-state index contributed by atoms with van der Waals surface area (Å²) >= 11 is 0. The van der Waals surface area contributed by atoms with Crippen LogP contribution in [-0.4, -0.2) is 11.3 Å². The van der Waals surface area contributed by atoms with E-state index in [-0.39, 0.29) is 12.4 Å². The summed E-state index contributed by atoms with van der Waals surface area (Å²) in [5.41, 5.74) is 6.34. The van der Waals surface area contributed by atoms with E-state index in [1.54, 1.807) is 18.3 Å². The first-order chi connectivity index (χ1) is 9.44. The molecule has 0 atom stereocenters. The summed E-state index contributed by atoms with van der Waals surface area (Å²) in [6, 6.07) is 8.59. The fraction of sp³-hybridized carbons (Fsp3) is 0.154. The maximum atomic E-state index is 12.0. The highest BCUT2D eigenvalue weighted by Gasteiger charge is 2.30. The van der Waals surface area contributed by atoms with Gasteiger partial charge in [0.05, 0.1) is 0 Å². The van der Waals surface area contributed by atoms with Gasteiger partial charge in [0.2, 0.25) is 0 Å². The second-order valence-corrected chi connectivity index (χ2v) is 3.86. The third-order valence-corrected chi connectivity index (χ3v) is 2.38. The highest BCUT2D eigenvalue weighted by atomic mass is 19.4. The van der Waals surface area contributed by atoms with E-state index >= 15 is 0 Å². The summed E-state index contributed by atoms with van der Waals surface area (Å²) in [5, 5.41) is 0. The molecule has 2 rings (SSSR count). The topological polar surface area (TPSA) is 57.4 Å². The highest BCUT2D eigenvalue weighted by molar-refractivity contribution is 5.38. The van der Waals surface area contributed by atoms with Gasteiger partial charge in [-0.15, -0.1) is 13.2 Å². The van der Waals surface area contributed by atoms with Crippen LogP contribution in [0.1, 0.15) is 5.56 Å². The molecule has 0 radical (unpaired) electrons. The first kappa shape index (κ1) is 14.0. The van der Waals surface area contributed by atoms with Crippen LogP contribution in [-0.2, 0) is 6.61 Å². The number of alkyl halides is 3. The molecule has 0 amide bonds. The second kappa shape index (κ2) is 5.68. The molecule has 106 valence electrons. The van der Waals surface area contributed by atoms with Gasteiger partial charge in [-0.1, -0.05) is 6.07 Å². The Balaban J connectivity index is 1.96. The molecular formula is C13H11F3N2O2. The molecule has 0 aliphatic rings. The molecule has 7 heteroatoms.